The van der Waals surface area contributed by atoms with E-state index in [0.29, 0.717) is 0 Å². The Bertz CT molecular complexity index is 1910. The molecule has 20 atom stereocenters. The van der Waals surface area contributed by atoms with Gasteiger partial charge in [-0.15, -0.1) is 0 Å². The minimum Gasteiger partial charge on any atom is -0.467 e. The molecule has 3 rings (SSSR count). The van der Waals surface area contributed by atoms with Gasteiger partial charge >= 0.3 is 11.9 Å². The lowest BCUT2D eigenvalue weighted by molar-refractivity contribution is -0.307. The number of nitrogens with one attached hydrogen (secondary N) is 1. The van der Waals surface area contributed by atoms with Crippen molar-refractivity contribution in [3.8, 4) is 0 Å². The van der Waals surface area contributed by atoms with Crippen LogP contribution in [0.3, 0.4) is 0 Å². The fraction of sp³-hybridized carbons (Fsp3) is 0.679. The molecule has 3 aliphatic rings. The van der Waals surface area contributed by atoms with E-state index < -0.39 is 165 Å². The van der Waals surface area contributed by atoms with Gasteiger partial charge in [0.15, 0.2) is 12.1 Å². The Kier molecular flexibility index (Phi) is 27.0. The van der Waals surface area contributed by atoms with Gasteiger partial charge in [0.05, 0.1) is 92.6 Å². The summed E-state index contributed by atoms with van der Waals surface area (Å²) >= 11 is 0. The van der Waals surface area contributed by atoms with Crippen molar-refractivity contribution < 1.29 is 89.1 Å². The van der Waals surface area contributed by atoms with E-state index in [2.05, 4.69) is 5.32 Å². The van der Waals surface area contributed by atoms with Gasteiger partial charge in [-0.25, -0.2) is 4.79 Å². The molecule has 0 saturated carbocycles. The molecule has 0 aromatic rings. The summed E-state index contributed by atoms with van der Waals surface area (Å²) in [6.45, 7) is 10.1. The van der Waals surface area contributed by atoms with Gasteiger partial charge in [-0.3, -0.25) is 9.59 Å². The summed E-state index contributed by atoms with van der Waals surface area (Å²) in [6.07, 6.45) is 3.24. The second kappa shape index (κ2) is 31.2. The summed E-state index contributed by atoms with van der Waals surface area (Å²) in [5.74, 6) is -7.38. The normalized spacial score (nSPS) is 42.2. The first kappa shape index (κ1) is 63.3. The third-order valence-corrected chi connectivity index (χ3v) is 13.5. The van der Waals surface area contributed by atoms with Crippen LogP contribution in [0.5, 0.6) is 0 Å². The first-order chi connectivity index (χ1) is 34.4. The summed E-state index contributed by atoms with van der Waals surface area (Å²) < 4.78 is 28.6. The minimum absolute atomic E-state index is 0.120. The van der Waals surface area contributed by atoms with Crippen LogP contribution in [-0.4, -0.2) is 180 Å². The number of amides is 1. The molecule has 0 radical (unpaired) electrons. The number of rotatable bonds is 6. The number of carbonyl (C=O) groups excluding carboxylic acids is 3. The zero-order valence-electron chi connectivity index (χ0n) is 43.1. The molecule has 2 saturated heterocycles. The van der Waals surface area contributed by atoms with Crippen molar-refractivity contribution in [2.45, 2.75) is 196 Å². The molecule has 73 heavy (non-hydrogen) atoms. The van der Waals surface area contributed by atoms with Gasteiger partial charge < -0.3 is 85.8 Å². The van der Waals surface area contributed by atoms with E-state index >= 15 is 0 Å². The second-order valence-corrected chi connectivity index (χ2v) is 20.0. The number of methoxy groups -OCH3 is 1. The highest BCUT2D eigenvalue weighted by molar-refractivity contribution is 5.86. The van der Waals surface area contributed by atoms with E-state index in [1.54, 1.807) is 94.5 Å². The number of hydrogen-bond donors (Lipinski definition) is 12. The maximum atomic E-state index is 14.1. The molecular formula is C53H84N2O18. The van der Waals surface area contributed by atoms with E-state index in [-0.39, 0.29) is 31.6 Å². The number of aliphatic hydroxyl groups is 10. The maximum Gasteiger partial charge on any atom is 0.328 e. The van der Waals surface area contributed by atoms with Crippen molar-refractivity contribution in [1.29, 1.82) is 0 Å². The molecule has 3 aliphatic heterocycles. The summed E-state index contributed by atoms with van der Waals surface area (Å²) in [4.78, 5) is 39.5. The number of hydrogen-bond acceptors (Lipinski definition) is 19. The first-order valence-electron chi connectivity index (χ1n) is 25.2. The quantitative estimate of drug-likeness (QED) is 0.165. The Morgan fingerprint density at radius 2 is 1.27 bits per heavy atom. The van der Waals surface area contributed by atoms with Crippen LogP contribution in [0.15, 0.2) is 85.1 Å². The van der Waals surface area contributed by atoms with Crippen molar-refractivity contribution >= 4 is 17.8 Å². The van der Waals surface area contributed by atoms with Gasteiger partial charge in [0, 0.05) is 37.5 Å². The molecule has 3 heterocycles. The van der Waals surface area contributed by atoms with E-state index in [1.807, 2.05) is 25.2 Å². The lowest BCUT2D eigenvalue weighted by Gasteiger charge is -2.46. The number of esters is 2. The van der Waals surface area contributed by atoms with Crippen LogP contribution in [0.2, 0.25) is 0 Å². The van der Waals surface area contributed by atoms with Crippen LogP contribution in [0.25, 0.3) is 0 Å². The van der Waals surface area contributed by atoms with Crippen molar-refractivity contribution in [2.75, 3.05) is 7.11 Å². The van der Waals surface area contributed by atoms with Crippen LogP contribution < -0.4 is 11.1 Å². The van der Waals surface area contributed by atoms with Gasteiger partial charge in [0.1, 0.15) is 18.2 Å². The smallest absolute Gasteiger partial charge is 0.328 e. The van der Waals surface area contributed by atoms with E-state index in [4.69, 9.17) is 29.4 Å². The zero-order valence-corrected chi connectivity index (χ0v) is 43.1. The summed E-state index contributed by atoms with van der Waals surface area (Å²) in [6, 6.07) is -2.32. The molecular weight excluding hydrogens is 953 g/mol. The predicted molar refractivity (Wildman–Crippen MR) is 268 cm³/mol. The van der Waals surface area contributed by atoms with Crippen LogP contribution in [-0.2, 0) is 38.1 Å². The Labute approximate surface area is 429 Å². The Morgan fingerprint density at radius 1 is 0.699 bits per heavy atom. The summed E-state index contributed by atoms with van der Waals surface area (Å²) in [7, 11) is 1.16. The molecule has 13 N–H and O–H groups in total. The molecule has 0 spiro atoms. The molecule has 414 valence electrons. The van der Waals surface area contributed by atoms with Crippen LogP contribution in [0.4, 0.5) is 0 Å². The molecule has 2 fully saturated rings. The molecule has 1 amide bonds. The number of ether oxygens (including phenoxy) is 5. The second-order valence-electron chi connectivity index (χ2n) is 20.0. The Balaban J connectivity index is 1.98. The zero-order chi connectivity index (χ0) is 54.6. The Morgan fingerprint density at radius 3 is 1.85 bits per heavy atom. The number of cyclic esters (lactones) is 1. The molecule has 0 aromatic heterocycles. The van der Waals surface area contributed by atoms with Gasteiger partial charge in [-0.05, 0) is 39.0 Å². The third kappa shape index (κ3) is 20.9. The van der Waals surface area contributed by atoms with Gasteiger partial charge in [-0.2, -0.15) is 0 Å². The largest absolute Gasteiger partial charge is 0.467 e. The van der Waals surface area contributed by atoms with Crippen LogP contribution in [0, 0.1) is 23.7 Å². The minimum atomic E-state index is -2.36. The van der Waals surface area contributed by atoms with Crippen LogP contribution >= 0.6 is 0 Å². The molecule has 2 bridgehead atoms. The highest BCUT2D eigenvalue weighted by atomic mass is 16.7. The van der Waals surface area contributed by atoms with Crippen LogP contribution in [0.1, 0.15) is 92.9 Å². The molecule has 20 heteroatoms. The summed E-state index contributed by atoms with van der Waals surface area (Å²) in [5, 5.41) is 113. The number of nitrogens with two attached hydrogens (primary N) is 1. The number of aliphatic hydroxyl groups excluding tert-OH is 9. The third-order valence-electron chi connectivity index (χ3n) is 13.5. The average Bonchev–Trinajstić information content (AvgIpc) is 3.31. The number of fused-ring (bicyclic) bond motifs is 2. The SMILES string of the molecule is COC(=O)[C@@H](NC(=O)[C@H]1[C@@H]2C[C@@H](O[C@@H]3O[C@H](C)[C@@H](O)[C@H](N)[C@@H]3O)/C=C/C=C/C=C/C=C/C=C/C=C/C=C/[C@H](C)[C@@H](O)[C@@H](C)[C@H](C)OC(=O)C[C@H](O)C[C@H](O)CC[C@@H](O)[C@H](O)C[C@H](O)C[C@](O)(C[C@@H]1O)O2)C(C)C. The van der Waals surface area contributed by atoms with Crippen molar-refractivity contribution in [3.05, 3.63) is 85.1 Å². The standard InChI is InChI=1S/C53H84N2O18/c1-30(2)46(51(67)69-7)55-50(66)44-41(61)29-53(68)28-37(58)25-40(60)39(59)23-22-35(56)24-36(57)26-43(62)70-33(5)32(4)47(63)31(3)20-18-16-14-12-10-8-9-11-13-15-17-19-21-38(27-42(44)73-53)72-52-49(65)45(54)48(64)34(6)71-52/h8-21,30-42,44-49,52,56-61,63-65,68H,22-29,54H2,1-7H3,(H,55,66)/b9-8+,12-10+,13-11+,16-14+,17-15+,20-18+,21-19+/t31-,32-,33-,34+,35+,36+,37-,38-,39+,40+,41-,42-,44+,45-,46-,47+,48+,49-,52-,53+/m0/s1. The molecule has 20 nitrogen and oxygen atoms in total. The maximum absolute atomic E-state index is 14.1. The topological polar surface area (TPSA) is 338 Å². The fourth-order valence-corrected chi connectivity index (χ4v) is 8.86. The van der Waals surface area contributed by atoms with Gasteiger partial charge in [-0.1, -0.05) is 113 Å². The molecule has 0 aromatic carbocycles. The monoisotopic (exact) mass is 1040 g/mol. The number of allylic oxidation sites excluding steroid dienone is 12. The average molecular weight is 1040 g/mol. The van der Waals surface area contributed by atoms with Crippen molar-refractivity contribution in [2.24, 2.45) is 29.4 Å². The molecule has 0 aliphatic carbocycles. The highest BCUT2D eigenvalue weighted by Crippen LogP contribution is 2.38. The van der Waals surface area contributed by atoms with Gasteiger partial charge in [0.25, 0.3) is 0 Å². The number of carbonyl (C=O) groups is 3. The van der Waals surface area contributed by atoms with E-state index in [0.717, 1.165) is 7.11 Å². The van der Waals surface area contributed by atoms with E-state index in [9.17, 15) is 65.4 Å². The lowest BCUT2D eigenvalue weighted by Crippen LogP contribution is -2.62. The predicted octanol–water partition coefficient (Wildman–Crippen LogP) is 0.941. The van der Waals surface area contributed by atoms with Gasteiger partial charge in [0.2, 0.25) is 5.91 Å². The Hall–Kier alpha value is -3.97. The highest BCUT2D eigenvalue weighted by Gasteiger charge is 2.51. The summed E-state index contributed by atoms with van der Waals surface area (Å²) in [5.41, 5.74) is 6.11. The lowest BCUT2D eigenvalue weighted by atomic mass is 9.81. The van der Waals surface area contributed by atoms with E-state index in [1.165, 1.54) is 6.92 Å². The fourth-order valence-electron chi connectivity index (χ4n) is 8.86. The molecule has 0 unspecified atom stereocenters. The van der Waals surface area contributed by atoms with Crippen molar-refractivity contribution in [3.63, 3.8) is 0 Å². The first-order valence-corrected chi connectivity index (χ1v) is 25.2. The van der Waals surface area contributed by atoms with Crippen molar-refractivity contribution in [1.82, 2.24) is 5.32 Å².